The van der Waals surface area contributed by atoms with Crippen molar-refractivity contribution in [3.63, 3.8) is 0 Å². The average Bonchev–Trinajstić information content (AvgIpc) is 3.91. The van der Waals surface area contributed by atoms with Crippen molar-refractivity contribution in [2.45, 2.75) is 0 Å². The molecule has 248 valence electrons. The summed E-state index contributed by atoms with van der Waals surface area (Å²) >= 11 is 0. The van der Waals surface area contributed by atoms with Crippen molar-refractivity contribution < 1.29 is 4.42 Å². The Morgan fingerprint density at radius 3 is 1.92 bits per heavy atom. The van der Waals surface area contributed by atoms with Gasteiger partial charge in [-0.25, -0.2) is 4.98 Å². The van der Waals surface area contributed by atoms with Crippen LogP contribution in [0.3, 0.4) is 0 Å². The normalized spacial score (nSPS) is 11.8. The fraction of sp³-hybridized carbons (Fsp3) is 0. The maximum absolute atomic E-state index is 6.44. The third-order valence-corrected chi connectivity index (χ3v) is 10.5. The molecule has 11 aromatic rings. The Labute approximate surface area is 305 Å². The van der Waals surface area contributed by atoms with Gasteiger partial charge in [0.25, 0.3) is 0 Å². The van der Waals surface area contributed by atoms with E-state index in [1.165, 1.54) is 21.9 Å². The summed E-state index contributed by atoms with van der Waals surface area (Å²) in [5.41, 5.74) is 14.0. The van der Waals surface area contributed by atoms with E-state index in [1.54, 1.807) is 0 Å². The summed E-state index contributed by atoms with van der Waals surface area (Å²) in [6.45, 7) is 0. The molecule has 0 N–H and O–H groups in total. The zero-order chi connectivity index (χ0) is 34.9. The molecule has 0 atom stereocenters. The molecule has 0 unspecified atom stereocenters. The SMILES string of the molecule is c1ccc(-c2ccc(-n3c(-c4cccc(-n5c6ccccc6c6cc(-c7cccc8c7oc7ccccc78)ccc65)c4)nc4ccccc43)cc2)cc1. The highest BCUT2D eigenvalue weighted by molar-refractivity contribution is 6.13. The van der Waals surface area contributed by atoms with Gasteiger partial charge in [0.05, 0.1) is 22.1 Å². The number of para-hydroxylation sites is 5. The first-order valence-corrected chi connectivity index (χ1v) is 18.0. The number of furan rings is 1. The second-order valence-corrected chi connectivity index (χ2v) is 13.6. The van der Waals surface area contributed by atoms with Crippen LogP contribution in [-0.2, 0) is 0 Å². The van der Waals surface area contributed by atoms with Crippen molar-refractivity contribution in [1.29, 1.82) is 0 Å². The third kappa shape index (κ3) is 4.66. The first kappa shape index (κ1) is 29.5. The number of rotatable bonds is 5. The van der Waals surface area contributed by atoms with Crippen molar-refractivity contribution in [2.75, 3.05) is 0 Å². The quantitative estimate of drug-likeness (QED) is 0.182. The standard InChI is InChI=1S/C49H31N3O/c1-2-12-32(13-3-1)33-24-27-36(28-25-33)52-46-22-8-6-20-43(46)50-49(52)35-14-10-15-37(30-35)51-44-21-7-4-16-39(44)42-31-34(26-29-45(42)51)38-18-11-19-41-40-17-5-9-23-47(40)53-48(38)41/h1-31H. The van der Waals surface area contributed by atoms with Gasteiger partial charge < -0.3 is 8.98 Å². The van der Waals surface area contributed by atoms with E-state index >= 15 is 0 Å². The van der Waals surface area contributed by atoms with Crippen LogP contribution >= 0.6 is 0 Å². The van der Waals surface area contributed by atoms with Gasteiger partial charge in [0.15, 0.2) is 0 Å². The van der Waals surface area contributed by atoms with Crippen molar-refractivity contribution in [2.24, 2.45) is 0 Å². The van der Waals surface area contributed by atoms with E-state index in [0.29, 0.717) is 0 Å². The highest BCUT2D eigenvalue weighted by Crippen LogP contribution is 2.40. The molecule has 0 radical (unpaired) electrons. The van der Waals surface area contributed by atoms with Crippen LogP contribution in [0.25, 0.3) is 99.8 Å². The number of fused-ring (bicyclic) bond motifs is 7. The van der Waals surface area contributed by atoms with E-state index < -0.39 is 0 Å². The molecule has 0 amide bonds. The minimum absolute atomic E-state index is 0.905. The van der Waals surface area contributed by atoms with Gasteiger partial charge in [-0.3, -0.25) is 4.57 Å². The Hall–Kier alpha value is -7.17. The molecule has 4 nitrogen and oxygen atoms in total. The van der Waals surface area contributed by atoms with Gasteiger partial charge in [-0.1, -0.05) is 127 Å². The Morgan fingerprint density at radius 2 is 1.04 bits per heavy atom. The summed E-state index contributed by atoms with van der Waals surface area (Å²) in [7, 11) is 0. The fourth-order valence-electron chi connectivity index (χ4n) is 8.09. The minimum Gasteiger partial charge on any atom is -0.455 e. The first-order chi connectivity index (χ1) is 26.3. The monoisotopic (exact) mass is 677 g/mol. The van der Waals surface area contributed by atoms with Crippen LogP contribution in [-0.4, -0.2) is 14.1 Å². The molecule has 0 spiro atoms. The lowest BCUT2D eigenvalue weighted by Gasteiger charge is -2.13. The Morgan fingerprint density at radius 1 is 0.377 bits per heavy atom. The molecule has 0 aliphatic carbocycles. The van der Waals surface area contributed by atoms with E-state index in [9.17, 15) is 0 Å². The van der Waals surface area contributed by atoms with E-state index in [-0.39, 0.29) is 0 Å². The molecule has 4 heteroatoms. The number of hydrogen-bond acceptors (Lipinski definition) is 2. The second kappa shape index (κ2) is 11.7. The van der Waals surface area contributed by atoms with Crippen molar-refractivity contribution in [1.82, 2.24) is 14.1 Å². The van der Waals surface area contributed by atoms with Gasteiger partial charge in [-0.15, -0.1) is 0 Å². The number of aromatic nitrogens is 3. The molecule has 8 aromatic carbocycles. The van der Waals surface area contributed by atoms with E-state index in [1.807, 2.05) is 12.1 Å². The molecule has 0 aliphatic heterocycles. The molecule has 0 saturated carbocycles. The highest BCUT2D eigenvalue weighted by atomic mass is 16.3. The van der Waals surface area contributed by atoms with Crippen molar-refractivity contribution >= 4 is 54.8 Å². The van der Waals surface area contributed by atoms with Gasteiger partial charge in [-0.05, 0) is 77.4 Å². The molecule has 3 heterocycles. The zero-order valence-electron chi connectivity index (χ0n) is 28.6. The molecule has 0 bridgehead atoms. The topological polar surface area (TPSA) is 35.9 Å². The summed E-state index contributed by atoms with van der Waals surface area (Å²) in [5, 5.41) is 4.68. The molecule has 53 heavy (non-hydrogen) atoms. The van der Waals surface area contributed by atoms with E-state index in [2.05, 4.69) is 185 Å². The second-order valence-electron chi connectivity index (χ2n) is 13.6. The summed E-state index contributed by atoms with van der Waals surface area (Å²) in [5.74, 6) is 0.905. The van der Waals surface area contributed by atoms with Gasteiger partial charge in [-0.2, -0.15) is 0 Å². The lowest BCUT2D eigenvalue weighted by Crippen LogP contribution is -1.99. The third-order valence-electron chi connectivity index (χ3n) is 10.5. The minimum atomic E-state index is 0.905. The summed E-state index contributed by atoms with van der Waals surface area (Å²) in [6, 6.07) is 66.6. The Kier molecular flexibility index (Phi) is 6.52. The highest BCUT2D eigenvalue weighted by Gasteiger charge is 2.19. The first-order valence-electron chi connectivity index (χ1n) is 18.0. The molecule has 3 aromatic heterocycles. The average molecular weight is 678 g/mol. The maximum atomic E-state index is 6.44. The number of benzene rings is 8. The van der Waals surface area contributed by atoms with Crippen LogP contribution in [0, 0.1) is 0 Å². The van der Waals surface area contributed by atoms with Crippen molar-refractivity contribution in [3.8, 4) is 45.0 Å². The smallest absolute Gasteiger partial charge is 0.145 e. The van der Waals surface area contributed by atoms with Crippen LogP contribution < -0.4 is 0 Å². The number of hydrogen-bond donors (Lipinski definition) is 0. The summed E-state index contributed by atoms with van der Waals surface area (Å²) in [6.07, 6.45) is 0. The largest absolute Gasteiger partial charge is 0.455 e. The fourth-order valence-corrected chi connectivity index (χ4v) is 8.09. The molecule has 0 aliphatic rings. The predicted octanol–water partition coefficient (Wildman–Crippen LogP) is 13.0. The van der Waals surface area contributed by atoms with Crippen LogP contribution in [0.1, 0.15) is 0 Å². The van der Waals surface area contributed by atoms with Crippen LogP contribution in [0.5, 0.6) is 0 Å². The van der Waals surface area contributed by atoms with Gasteiger partial charge in [0, 0.05) is 44.0 Å². The lowest BCUT2D eigenvalue weighted by atomic mass is 10.0. The van der Waals surface area contributed by atoms with E-state index in [4.69, 9.17) is 9.40 Å². The predicted molar refractivity (Wildman–Crippen MR) is 219 cm³/mol. The van der Waals surface area contributed by atoms with Gasteiger partial charge in [0.2, 0.25) is 0 Å². The number of nitrogens with zero attached hydrogens (tertiary/aromatic N) is 3. The number of imidazole rings is 1. The van der Waals surface area contributed by atoms with Crippen LogP contribution in [0.2, 0.25) is 0 Å². The summed E-state index contributed by atoms with van der Waals surface area (Å²) < 4.78 is 11.1. The van der Waals surface area contributed by atoms with Crippen molar-refractivity contribution in [3.05, 3.63) is 188 Å². The summed E-state index contributed by atoms with van der Waals surface area (Å²) in [4.78, 5) is 5.22. The lowest BCUT2D eigenvalue weighted by molar-refractivity contribution is 0.670. The van der Waals surface area contributed by atoms with Crippen LogP contribution in [0.4, 0.5) is 0 Å². The van der Waals surface area contributed by atoms with Crippen LogP contribution in [0.15, 0.2) is 192 Å². The molecular weight excluding hydrogens is 647 g/mol. The molecule has 11 rings (SSSR count). The molecule has 0 saturated heterocycles. The Balaban J connectivity index is 1.06. The van der Waals surface area contributed by atoms with E-state index in [0.717, 1.165) is 77.9 Å². The van der Waals surface area contributed by atoms with Gasteiger partial charge >= 0.3 is 0 Å². The maximum Gasteiger partial charge on any atom is 0.145 e. The molecule has 0 fully saturated rings. The van der Waals surface area contributed by atoms with Gasteiger partial charge in [0.1, 0.15) is 17.0 Å². The zero-order valence-corrected chi connectivity index (χ0v) is 28.6. The molecular formula is C49H31N3O. The Bertz CT molecular complexity index is 3160.